The molecular formula is C65H92O12. The van der Waals surface area contributed by atoms with Crippen molar-refractivity contribution in [1.82, 2.24) is 0 Å². The smallest absolute Gasteiger partial charge is 0.333 e. The monoisotopic (exact) mass is 1060 g/mol. The zero-order chi connectivity index (χ0) is 56.0. The van der Waals surface area contributed by atoms with Crippen molar-refractivity contribution < 1.29 is 57.6 Å². The Morgan fingerprint density at radius 3 is 1.42 bits per heavy atom. The van der Waals surface area contributed by atoms with Gasteiger partial charge in [-0.05, 0) is 109 Å². The van der Waals surface area contributed by atoms with Gasteiger partial charge in [-0.3, -0.25) is 0 Å². The number of benzene rings is 4. The van der Waals surface area contributed by atoms with Crippen molar-refractivity contribution in [1.29, 1.82) is 0 Å². The third kappa shape index (κ3) is 23.2. The fourth-order valence-corrected chi connectivity index (χ4v) is 9.47. The Morgan fingerprint density at radius 1 is 0.532 bits per heavy atom. The third-order valence-electron chi connectivity index (χ3n) is 14.1. The van der Waals surface area contributed by atoms with Crippen LogP contribution in [0.2, 0.25) is 0 Å². The van der Waals surface area contributed by atoms with Crippen LogP contribution in [0.3, 0.4) is 0 Å². The Kier molecular flexibility index (Phi) is 29.8. The molecule has 4 aromatic rings. The van der Waals surface area contributed by atoms with Gasteiger partial charge < -0.3 is 52.8 Å². The zero-order valence-corrected chi connectivity index (χ0v) is 48.2. The van der Waals surface area contributed by atoms with Crippen LogP contribution in [0.15, 0.2) is 132 Å². The van der Waals surface area contributed by atoms with E-state index >= 15 is 0 Å². The van der Waals surface area contributed by atoms with E-state index in [4.69, 9.17) is 42.6 Å². The highest BCUT2D eigenvalue weighted by Gasteiger charge is 2.35. The summed E-state index contributed by atoms with van der Waals surface area (Å²) in [5.74, 6) is 2.28. The number of carbonyl (C=O) groups is 1. The predicted molar refractivity (Wildman–Crippen MR) is 306 cm³/mol. The molecule has 0 aliphatic rings. The van der Waals surface area contributed by atoms with Crippen LogP contribution in [0.4, 0.5) is 0 Å². The summed E-state index contributed by atoms with van der Waals surface area (Å²) in [6.07, 6.45) is 13.4. The molecule has 0 unspecified atom stereocenters. The van der Waals surface area contributed by atoms with Crippen molar-refractivity contribution in [2.45, 2.75) is 163 Å². The van der Waals surface area contributed by atoms with Crippen molar-refractivity contribution in [2.24, 2.45) is 17.8 Å². The van der Waals surface area contributed by atoms with Crippen LogP contribution in [0.1, 0.15) is 129 Å². The van der Waals surface area contributed by atoms with E-state index < -0.39 is 42.9 Å². The van der Waals surface area contributed by atoms with Gasteiger partial charge in [0.05, 0.1) is 80.3 Å². The van der Waals surface area contributed by atoms with Gasteiger partial charge in [-0.1, -0.05) is 151 Å². The molecule has 8 atom stereocenters. The lowest BCUT2D eigenvalue weighted by Gasteiger charge is -2.32. The number of hydrogen-bond donors (Lipinski definition) is 2. The van der Waals surface area contributed by atoms with Gasteiger partial charge in [0.2, 0.25) is 0 Å². The van der Waals surface area contributed by atoms with Crippen molar-refractivity contribution >= 4 is 5.97 Å². The van der Waals surface area contributed by atoms with Crippen LogP contribution in [-0.4, -0.2) is 88.4 Å². The van der Waals surface area contributed by atoms with Crippen LogP contribution in [0.5, 0.6) is 23.0 Å². The van der Waals surface area contributed by atoms with Gasteiger partial charge in [0.25, 0.3) is 0 Å². The standard InChI is InChI=1S/C65H92O12/c1-12-13-14-15-16-17-18-19-20-47(3)63(75-43-54-25-33-58(71-10)34-26-54)50(6)38-46(2)37-48(4)62(67)49(5)39-51(7)65(68)77-61(45-73-41-52-21-29-56(69-8)30-22-52)64(76-44-55-27-35-59(72-11)36-28-55)60(40-66)74-42-53-23-31-57(70-9)32-24-53/h21-39,47,49-50,60-64,66-67H,12-20,40-45H2,1-11H3/b46-38+,48-37+,51-39+/t47-,49+,50-,60+,61+,62-,63+,64-/m0/s1. The zero-order valence-electron chi connectivity index (χ0n) is 48.2. The maximum atomic E-state index is 14.3. The number of methoxy groups -OCH3 is 4. The number of rotatable bonds is 38. The highest BCUT2D eigenvalue weighted by Crippen LogP contribution is 2.28. The first-order chi connectivity index (χ1) is 37.2. The molecule has 0 aliphatic carbocycles. The molecule has 77 heavy (non-hydrogen) atoms. The molecule has 0 aliphatic heterocycles. The second-order valence-electron chi connectivity index (χ2n) is 20.5. The van der Waals surface area contributed by atoms with Crippen molar-refractivity contribution in [2.75, 3.05) is 41.7 Å². The maximum absolute atomic E-state index is 14.3. The van der Waals surface area contributed by atoms with E-state index in [0.29, 0.717) is 35.3 Å². The summed E-state index contributed by atoms with van der Waals surface area (Å²) in [6.45, 7) is 14.7. The minimum Gasteiger partial charge on any atom is -0.497 e. The van der Waals surface area contributed by atoms with Crippen molar-refractivity contribution in [3.63, 3.8) is 0 Å². The van der Waals surface area contributed by atoms with Crippen molar-refractivity contribution in [3.05, 3.63) is 154 Å². The molecule has 4 aromatic carbocycles. The summed E-state index contributed by atoms with van der Waals surface area (Å²) < 4.78 is 53.7. The number of carbonyl (C=O) groups excluding carboxylic acids is 1. The summed E-state index contributed by atoms with van der Waals surface area (Å²) in [6, 6.07) is 30.4. The van der Waals surface area contributed by atoms with E-state index in [9.17, 15) is 15.0 Å². The quantitative estimate of drug-likeness (QED) is 0.0191. The number of hydrogen-bond acceptors (Lipinski definition) is 12. The molecule has 0 aromatic heterocycles. The topological polar surface area (TPSA) is 141 Å². The lowest BCUT2D eigenvalue weighted by atomic mass is 9.87. The van der Waals surface area contributed by atoms with Crippen LogP contribution in [0, 0.1) is 17.8 Å². The average Bonchev–Trinajstić information content (AvgIpc) is 3.44. The Bertz CT molecular complexity index is 2320. The van der Waals surface area contributed by atoms with Crippen LogP contribution in [0.25, 0.3) is 0 Å². The molecule has 12 nitrogen and oxygen atoms in total. The first kappa shape index (κ1) is 64.1. The summed E-state index contributed by atoms with van der Waals surface area (Å²) in [4.78, 5) is 14.3. The second kappa shape index (κ2) is 35.8. The summed E-state index contributed by atoms with van der Waals surface area (Å²) in [5, 5.41) is 22.7. The number of ether oxygens (including phenoxy) is 9. The fourth-order valence-electron chi connectivity index (χ4n) is 9.47. The Labute approximate surface area is 461 Å². The number of aliphatic hydroxyl groups excluding tert-OH is 2. The van der Waals surface area contributed by atoms with E-state index in [-0.39, 0.29) is 38.4 Å². The SMILES string of the molecule is CCCCCCCCCC[C@H](C)[C@@H](OCc1ccc(OC)cc1)[C@@H](C)/C=C(C)/C=C(\C)[C@H](O)[C@H](C)/C=C(\C)C(=O)O[C@H](COCc1ccc(OC)cc1)[C@@H](OCc1ccc(OC)cc1)[C@@H](CO)OCc1ccc(OC)cc1. The average molecular weight is 1070 g/mol. The molecule has 0 radical (unpaired) electrons. The molecule has 2 N–H and O–H groups in total. The molecule has 0 saturated carbocycles. The highest BCUT2D eigenvalue weighted by atomic mass is 16.6. The minimum atomic E-state index is -1.04. The van der Waals surface area contributed by atoms with Crippen LogP contribution < -0.4 is 18.9 Å². The molecule has 12 heteroatoms. The second-order valence-corrected chi connectivity index (χ2v) is 20.5. The van der Waals surface area contributed by atoms with Gasteiger partial charge in [-0.25, -0.2) is 4.79 Å². The minimum absolute atomic E-state index is 0.0115. The Balaban J connectivity index is 1.53. The Morgan fingerprint density at radius 2 is 0.961 bits per heavy atom. The molecule has 0 bridgehead atoms. The van der Waals surface area contributed by atoms with Crippen LogP contribution in [-0.2, 0) is 54.9 Å². The van der Waals surface area contributed by atoms with E-state index in [1.54, 1.807) is 41.4 Å². The lowest BCUT2D eigenvalue weighted by Crippen LogP contribution is -2.47. The highest BCUT2D eigenvalue weighted by molar-refractivity contribution is 5.88. The van der Waals surface area contributed by atoms with Gasteiger partial charge in [-0.15, -0.1) is 0 Å². The van der Waals surface area contributed by atoms with Gasteiger partial charge in [0.15, 0.2) is 6.10 Å². The molecule has 0 spiro atoms. The van der Waals surface area contributed by atoms with Gasteiger partial charge >= 0.3 is 5.97 Å². The van der Waals surface area contributed by atoms with Gasteiger partial charge in [0, 0.05) is 17.4 Å². The third-order valence-corrected chi connectivity index (χ3v) is 14.1. The van der Waals surface area contributed by atoms with Crippen LogP contribution >= 0.6 is 0 Å². The molecule has 0 heterocycles. The normalized spacial score (nSPS) is 15.4. The van der Waals surface area contributed by atoms with E-state index in [0.717, 1.165) is 45.6 Å². The van der Waals surface area contributed by atoms with E-state index in [2.05, 4.69) is 45.9 Å². The summed E-state index contributed by atoms with van der Waals surface area (Å²) >= 11 is 0. The van der Waals surface area contributed by atoms with E-state index in [1.165, 1.54) is 51.4 Å². The first-order valence-electron chi connectivity index (χ1n) is 27.7. The number of aliphatic hydroxyl groups is 2. The lowest BCUT2D eigenvalue weighted by molar-refractivity contribution is -0.182. The molecule has 0 amide bonds. The molecule has 4 rings (SSSR count). The summed E-state index contributed by atoms with van der Waals surface area (Å²) in [7, 11) is 6.49. The van der Waals surface area contributed by atoms with E-state index in [1.807, 2.05) is 105 Å². The first-order valence-corrected chi connectivity index (χ1v) is 27.7. The molecule has 424 valence electrons. The van der Waals surface area contributed by atoms with Gasteiger partial charge in [0.1, 0.15) is 35.2 Å². The molecular weight excluding hydrogens is 973 g/mol. The largest absolute Gasteiger partial charge is 0.497 e. The Hall–Kier alpha value is -5.47. The number of unbranched alkanes of at least 4 members (excludes halogenated alkanes) is 7. The maximum Gasteiger partial charge on any atom is 0.333 e. The number of allylic oxidation sites excluding steroid dienone is 2. The van der Waals surface area contributed by atoms with Gasteiger partial charge in [-0.2, -0.15) is 0 Å². The predicted octanol–water partition coefficient (Wildman–Crippen LogP) is 13.5. The molecule has 0 saturated heterocycles. The summed E-state index contributed by atoms with van der Waals surface area (Å²) in [5.41, 5.74) is 5.72. The number of esters is 1. The van der Waals surface area contributed by atoms with Crippen molar-refractivity contribution in [3.8, 4) is 23.0 Å². The fraction of sp³-hybridized carbons (Fsp3) is 0.523. The molecule has 0 fully saturated rings.